The average Bonchev–Trinajstić information content (AvgIpc) is 2.61. The van der Waals surface area contributed by atoms with E-state index in [1.54, 1.807) is 37.5 Å². The second-order valence-corrected chi connectivity index (χ2v) is 5.39. The van der Waals surface area contributed by atoms with Gasteiger partial charge in [-0.25, -0.2) is 0 Å². The monoisotopic (exact) mass is 325 g/mol. The lowest BCUT2D eigenvalue weighted by Crippen LogP contribution is -2.22. The molecule has 0 saturated heterocycles. The minimum atomic E-state index is -0.201. The highest BCUT2D eigenvalue weighted by Crippen LogP contribution is 2.19. The lowest BCUT2D eigenvalue weighted by atomic mass is 10.1. The van der Waals surface area contributed by atoms with Crippen molar-refractivity contribution in [2.45, 2.75) is 25.4 Å². The van der Waals surface area contributed by atoms with Crippen molar-refractivity contribution < 1.29 is 14.3 Å². The van der Waals surface area contributed by atoms with Crippen molar-refractivity contribution in [1.29, 1.82) is 0 Å². The van der Waals surface area contributed by atoms with Crippen LogP contribution in [0.4, 0.5) is 0 Å². The molecule has 1 aliphatic carbocycles. The molecule has 1 aromatic rings. The smallest absolute Gasteiger partial charge is 0.255 e. The van der Waals surface area contributed by atoms with Crippen LogP contribution < -0.4 is 10.1 Å². The number of ether oxygens (including phenoxy) is 2. The van der Waals surface area contributed by atoms with Crippen molar-refractivity contribution in [2.75, 3.05) is 7.11 Å². The van der Waals surface area contributed by atoms with Crippen molar-refractivity contribution in [3.63, 3.8) is 0 Å². The van der Waals surface area contributed by atoms with E-state index < -0.39 is 0 Å². The third-order valence-corrected chi connectivity index (χ3v) is 3.55. The Bertz CT molecular complexity index is 641. The number of hydrogen-bond donors (Lipinski definition) is 1. The number of amides is 1. The maximum Gasteiger partial charge on any atom is 0.255 e. The van der Waals surface area contributed by atoms with Gasteiger partial charge in [-0.1, -0.05) is 18.7 Å². The van der Waals surface area contributed by atoms with Crippen LogP contribution >= 0.6 is 0 Å². The molecular weight excluding hydrogens is 302 g/mol. The first-order valence-electron chi connectivity index (χ1n) is 7.99. The van der Waals surface area contributed by atoms with Crippen LogP contribution in [0.2, 0.25) is 0 Å². The standard InChI is InChI=1S/C20H23NO3/c1-3-7-17(14-15-23-2)21-20(22)16-10-12-19(13-11-16)24-18-8-5-4-6-9-18/h3,5,7-8,10-15,18H,1,4,6,9H2,2H3,(H,21,22)/b15-14-,17-7+. The van der Waals surface area contributed by atoms with Gasteiger partial charge in [0.25, 0.3) is 5.91 Å². The first-order valence-corrected chi connectivity index (χ1v) is 7.99. The summed E-state index contributed by atoms with van der Waals surface area (Å²) < 4.78 is 10.8. The molecule has 0 saturated carbocycles. The van der Waals surface area contributed by atoms with Crippen LogP contribution in [0.1, 0.15) is 29.6 Å². The third-order valence-electron chi connectivity index (χ3n) is 3.55. The van der Waals surface area contributed by atoms with Crippen LogP contribution in [0.3, 0.4) is 0 Å². The Labute approximate surface area is 143 Å². The molecule has 2 rings (SSSR count). The van der Waals surface area contributed by atoms with Gasteiger partial charge in [0.15, 0.2) is 0 Å². The first kappa shape index (κ1) is 17.6. The minimum Gasteiger partial charge on any atom is -0.504 e. The molecule has 0 aliphatic heterocycles. The second kappa shape index (κ2) is 9.40. The summed E-state index contributed by atoms with van der Waals surface area (Å²) >= 11 is 0. The quantitative estimate of drug-likeness (QED) is 0.466. The third kappa shape index (κ3) is 5.47. The van der Waals surface area contributed by atoms with E-state index in [9.17, 15) is 4.79 Å². The van der Waals surface area contributed by atoms with E-state index >= 15 is 0 Å². The highest BCUT2D eigenvalue weighted by molar-refractivity contribution is 5.95. The summed E-state index contributed by atoms with van der Waals surface area (Å²) in [6, 6.07) is 7.14. The van der Waals surface area contributed by atoms with Gasteiger partial charge < -0.3 is 14.8 Å². The van der Waals surface area contributed by atoms with Crippen molar-refractivity contribution >= 4 is 5.91 Å². The fourth-order valence-electron chi connectivity index (χ4n) is 2.35. The van der Waals surface area contributed by atoms with Crippen molar-refractivity contribution in [3.05, 3.63) is 78.7 Å². The normalized spacial score (nSPS) is 17.5. The largest absolute Gasteiger partial charge is 0.504 e. The molecule has 1 amide bonds. The maximum absolute atomic E-state index is 12.3. The zero-order valence-electron chi connectivity index (χ0n) is 13.9. The Morgan fingerprint density at radius 2 is 2.12 bits per heavy atom. The molecule has 0 spiro atoms. The van der Waals surface area contributed by atoms with E-state index in [2.05, 4.69) is 24.0 Å². The zero-order chi connectivity index (χ0) is 17.2. The van der Waals surface area contributed by atoms with Gasteiger partial charge in [-0.15, -0.1) is 0 Å². The summed E-state index contributed by atoms with van der Waals surface area (Å²) in [5, 5.41) is 2.80. The van der Waals surface area contributed by atoms with Crippen LogP contribution in [-0.2, 0) is 4.74 Å². The lowest BCUT2D eigenvalue weighted by Gasteiger charge is -2.18. The Hall–Kier alpha value is -2.75. The van der Waals surface area contributed by atoms with Crippen LogP contribution in [0.25, 0.3) is 0 Å². The first-order chi connectivity index (χ1) is 11.7. The molecule has 1 atom stereocenters. The number of carbonyl (C=O) groups is 1. The van der Waals surface area contributed by atoms with Gasteiger partial charge in [0.1, 0.15) is 11.9 Å². The van der Waals surface area contributed by atoms with Gasteiger partial charge in [-0.05, 0) is 61.8 Å². The summed E-state index contributed by atoms with van der Waals surface area (Å²) in [4.78, 5) is 12.3. The topological polar surface area (TPSA) is 47.6 Å². The van der Waals surface area contributed by atoms with Gasteiger partial charge in [0.05, 0.1) is 13.4 Å². The maximum atomic E-state index is 12.3. The Morgan fingerprint density at radius 3 is 2.75 bits per heavy atom. The molecule has 0 aromatic heterocycles. The van der Waals surface area contributed by atoms with Crippen molar-refractivity contribution in [3.8, 4) is 5.75 Å². The van der Waals surface area contributed by atoms with E-state index in [-0.39, 0.29) is 12.0 Å². The predicted octanol–water partition coefficient (Wildman–Crippen LogP) is 4.13. The highest BCUT2D eigenvalue weighted by Gasteiger charge is 2.11. The molecule has 0 bridgehead atoms. The van der Waals surface area contributed by atoms with Gasteiger partial charge in [-0.3, -0.25) is 4.79 Å². The SMILES string of the molecule is C=C/C=C(\C=C/OC)NC(=O)c1ccc(OC2C=CCCC2)cc1. The molecule has 1 unspecified atom stereocenters. The van der Waals surface area contributed by atoms with Gasteiger partial charge in [0, 0.05) is 11.3 Å². The number of carbonyl (C=O) groups excluding carboxylic acids is 1. The molecule has 0 radical (unpaired) electrons. The second-order valence-electron chi connectivity index (χ2n) is 5.39. The number of rotatable bonds is 7. The Kier molecular flexibility index (Phi) is 6.90. The van der Waals surface area contributed by atoms with Crippen molar-refractivity contribution in [2.24, 2.45) is 0 Å². The van der Waals surface area contributed by atoms with E-state index in [1.165, 1.54) is 6.26 Å². The molecule has 4 heteroatoms. The van der Waals surface area contributed by atoms with E-state index in [0.717, 1.165) is 25.0 Å². The van der Waals surface area contributed by atoms with Gasteiger partial charge in [-0.2, -0.15) is 0 Å². The molecule has 0 fully saturated rings. The number of nitrogens with one attached hydrogen (secondary N) is 1. The zero-order valence-corrected chi connectivity index (χ0v) is 13.9. The predicted molar refractivity (Wildman–Crippen MR) is 95.7 cm³/mol. The summed E-state index contributed by atoms with van der Waals surface area (Å²) in [7, 11) is 1.55. The van der Waals surface area contributed by atoms with E-state index in [1.807, 2.05) is 12.1 Å². The number of allylic oxidation sites excluding steroid dienone is 4. The summed E-state index contributed by atoms with van der Waals surface area (Å²) in [6.45, 7) is 3.63. The Morgan fingerprint density at radius 1 is 1.33 bits per heavy atom. The molecule has 1 aromatic carbocycles. The van der Waals surface area contributed by atoms with E-state index in [4.69, 9.17) is 9.47 Å². The van der Waals surface area contributed by atoms with Crippen LogP contribution in [0, 0.1) is 0 Å². The summed E-state index contributed by atoms with van der Waals surface area (Å²) in [5.74, 6) is 0.567. The number of hydrogen-bond acceptors (Lipinski definition) is 3. The van der Waals surface area contributed by atoms with E-state index in [0.29, 0.717) is 11.3 Å². The molecule has 1 N–H and O–H groups in total. The molecule has 24 heavy (non-hydrogen) atoms. The summed E-state index contributed by atoms with van der Waals surface area (Å²) in [6.07, 6.45) is 14.1. The Balaban J connectivity index is 1.98. The molecular formula is C20H23NO3. The molecule has 126 valence electrons. The highest BCUT2D eigenvalue weighted by atomic mass is 16.5. The molecule has 1 aliphatic rings. The minimum absolute atomic E-state index is 0.125. The van der Waals surface area contributed by atoms with Crippen LogP contribution in [-0.4, -0.2) is 19.1 Å². The van der Waals surface area contributed by atoms with Crippen molar-refractivity contribution in [1.82, 2.24) is 5.32 Å². The fourth-order valence-corrected chi connectivity index (χ4v) is 2.35. The average molecular weight is 325 g/mol. The van der Waals surface area contributed by atoms with Gasteiger partial charge in [0.2, 0.25) is 0 Å². The van der Waals surface area contributed by atoms with Crippen LogP contribution in [0.5, 0.6) is 5.75 Å². The number of benzene rings is 1. The fraction of sp³-hybridized carbons (Fsp3) is 0.250. The lowest BCUT2D eigenvalue weighted by molar-refractivity contribution is 0.0967. The molecule has 4 nitrogen and oxygen atoms in total. The summed E-state index contributed by atoms with van der Waals surface area (Å²) in [5.41, 5.74) is 1.16. The number of methoxy groups -OCH3 is 1. The van der Waals surface area contributed by atoms with Crippen LogP contribution in [0.15, 0.2) is 73.2 Å². The molecule has 0 heterocycles. The van der Waals surface area contributed by atoms with Gasteiger partial charge >= 0.3 is 0 Å².